The number of carboxylic acids is 1. The molecule has 0 fully saturated rings. The lowest BCUT2D eigenvalue weighted by Crippen LogP contribution is -2.19. The molecule has 0 bridgehead atoms. The average molecular weight is 259 g/mol. The molecular formula is C13H13N3O3. The lowest BCUT2D eigenvalue weighted by Gasteiger charge is -2.07. The van der Waals surface area contributed by atoms with Gasteiger partial charge in [0.25, 0.3) is 0 Å². The van der Waals surface area contributed by atoms with Gasteiger partial charge in [0.2, 0.25) is 5.91 Å². The highest BCUT2D eigenvalue weighted by Gasteiger charge is 2.12. The van der Waals surface area contributed by atoms with Crippen LogP contribution in [0.5, 0.6) is 0 Å². The smallest absolute Gasteiger partial charge is 0.353 e. The predicted octanol–water partition coefficient (Wildman–Crippen LogP) is 1.41. The Hall–Kier alpha value is -2.63. The van der Waals surface area contributed by atoms with Crippen molar-refractivity contribution in [3.8, 4) is 11.3 Å². The summed E-state index contributed by atoms with van der Waals surface area (Å²) in [6.45, 7) is 1.82. The van der Waals surface area contributed by atoms with Crippen LogP contribution in [0.1, 0.15) is 23.0 Å². The monoisotopic (exact) mass is 259 g/mol. The summed E-state index contributed by atoms with van der Waals surface area (Å²) in [6, 6.07) is 8.85. The highest BCUT2D eigenvalue weighted by Crippen LogP contribution is 2.22. The van der Waals surface area contributed by atoms with Gasteiger partial charge >= 0.3 is 5.97 Å². The van der Waals surface area contributed by atoms with E-state index >= 15 is 0 Å². The molecule has 1 amide bonds. The first-order chi connectivity index (χ1) is 9.08. The number of amides is 1. The Bertz CT molecular complexity index is 619. The maximum Gasteiger partial charge on any atom is 0.353 e. The maximum atomic E-state index is 10.9. The van der Waals surface area contributed by atoms with Gasteiger partial charge in [0.15, 0.2) is 0 Å². The molecule has 0 unspecified atom stereocenters. The van der Waals surface area contributed by atoms with Crippen molar-refractivity contribution in [3.05, 3.63) is 41.6 Å². The molecule has 0 aliphatic heterocycles. The number of nitrogens with one attached hydrogen (secondary N) is 2. The molecule has 1 aromatic heterocycles. The van der Waals surface area contributed by atoms with E-state index in [0.717, 1.165) is 11.1 Å². The summed E-state index contributed by atoms with van der Waals surface area (Å²) in [7, 11) is 0. The summed E-state index contributed by atoms with van der Waals surface area (Å²) in [5.74, 6) is -1.18. The highest BCUT2D eigenvalue weighted by molar-refractivity contribution is 5.87. The van der Waals surface area contributed by atoms with Gasteiger partial charge in [-0.1, -0.05) is 24.3 Å². The first kappa shape index (κ1) is 12.8. The van der Waals surface area contributed by atoms with Crippen LogP contribution in [0.4, 0.5) is 0 Å². The first-order valence-corrected chi connectivity index (χ1v) is 5.69. The summed E-state index contributed by atoms with van der Waals surface area (Å²) in [5.41, 5.74) is 2.24. The largest absolute Gasteiger partial charge is 0.477 e. The first-order valence-electron chi connectivity index (χ1n) is 5.69. The number of rotatable bonds is 4. The van der Waals surface area contributed by atoms with Gasteiger partial charge < -0.3 is 10.4 Å². The number of aromatic amines is 1. The van der Waals surface area contributed by atoms with Crippen molar-refractivity contribution in [2.45, 2.75) is 13.5 Å². The Morgan fingerprint density at radius 3 is 2.74 bits per heavy atom. The minimum Gasteiger partial charge on any atom is -0.477 e. The third-order valence-corrected chi connectivity index (χ3v) is 2.63. The Balaban J connectivity index is 2.32. The minimum atomic E-state index is -1.06. The molecular weight excluding hydrogens is 246 g/mol. The van der Waals surface area contributed by atoms with E-state index in [1.807, 2.05) is 24.3 Å². The maximum absolute atomic E-state index is 10.9. The number of carbonyl (C=O) groups excluding carboxylic acids is 1. The van der Waals surface area contributed by atoms with Crippen LogP contribution in [0.15, 0.2) is 30.3 Å². The third-order valence-electron chi connectivity index (χ3n) is 2.63. The molecule has 0 aliphatic rings. The molecule has 0 saturated heterocycles. The van der Waals surface area contributed by atoms with Gasteiger partial charge in [0.1, 0.15) is 5.69 Å². The van der Waals surface area contributed by atoms with Gasteiger partial charge in [0.05, 0.1) is 5.69 Å². The molecule has 0 aliphatic carbocycles. The predicted molar refractivity (Wildman–Crippen MR) is 68.5 cm³/mol. The average Bonchev–Trinajstić information content (AvgIpc) is 2.86. The van der Waals surface area contributed by atoms with Crippen molar-refractivity contribution < 1.29 is 14.7 Å². The number of hydrogen-bond acceptors (Lipinski definition) is 3. The zero-order valence-corrected chi connectivity index (χ0v) is 10.3. The lowest BCUT2D eigenvalue weighted by atomic mass is 10.0. The van der Waals surface area contributed by atoms with E-state index in [9.17, 15) is 9.59 Å². The molecule has 6 nitrogen and oxygen atoms in total. The Labute approximate surface area is 109 Å². The van der Waals surface area contributed by atoms with E-state index < -0.39 is 5.97 Å². The Kier molecular flexibility index (Phi) is 3.61. The topological polar surface area (TPSA) is 95.1 Å². The van der Waals surface area contributed by atoms with Crippen LogP contribution >= 0.6 is 0 Å². The summed E-state index contributed by atoms with van der Waals surface area (Å²) in [6.07, 6.45) is 0. The summed E-state index contributed by atoms with van der Waals surface area (Å²) >= 11 is 0. The number of hydrogen-bond donors (Lipinski definition) is 3. The van der Waals surface area contributed by atoms with E-state index in [0.29, 0.717) is 12.2 Å². The quantitative estimate of drug-likeness (QED) is 0.773. The lowest BCUT2D eigenvalue weighted by molar-refractivity contribution is -0.119. The van der Waals surface area contributed by atoms with Crippen LogP contribution in [0.25, 0.3) is 11.3 Å². The van der Waals surface area contributed by atoms with Crippen LogP contribution in [0.3, 0.4) is 0 Å². The minimum absolute atomic E-state index is 0.0318. The Morgan fingerprint density at radius 1 is 1.37 bits per heavy atom. The fraction of sp³-hybridized carbons (Fsp3) is 0.154. The normalized spacial score (nSPS) is 10.2. The zero-order chi connectivity index (χ0) is 13.8. The molecule has 1 aromatic carbocycles. The summed E-state index contributed by atoms with van der Waals surface area (Å²) < 4.78 is 0. The highest BCUT2D eigenvalue weighted by atomic mass is 16.4. The molecule has 0 atom stereocenters. The van der Waals surface area contributed by atoms with Crippen LogP contribution in [-0.4, -0.2) is 27.2 Å². The van der Waals surface area contributed by atoms with Gasteiger partial charge in [-0.05, 0) is 11.6 Å². The van der Waals surface area contributed by atoms with Gasteiger partial charge in [0, 0.05) is 19.0 Å². The number of carboxylic acid groups (broad SMARTS) is 1. The number of benzene rings is 1. The van der Waals surface area contributed by atoms with Crippen molar-refractivity contribution in [3.63, 3.8) is 0 Å². The zero-order valence-electron chi connectivity index (χ0n) is 10.3. The number of aromatic carboxylic acids is 1. The van der Waals surface area contributed by atoms with Crippen LogP contribution in [0, 0.1) is 0 Å². The number of carbonyl (C=O) groups is 2. The molecule has 98 valence electrons. The molecule has 0 spiro atoms. The van der Waals surface area contributed by atoms with E-state index in [4.69, 9.17) is 5.11 Å². The van der Waals surface area contributed by atoms with Gasteiger partial charge in [-0.3, -0.25) is 9.89 Å². The second-order valence-corrected chi connectivity index (χ2v) is 4.04. The molecule has 3 N–H and O–H groups in total. The molecule has 0 saturated carbocycles. The van der Waals surface area contributed by atoms with Crippen LogP contribution in [0.2, 0.25) is 0 Å². The van der Waals surface area contributed by atoms with E-state index in [1.54, 1.807) is 0 Å². The van der Waals surface area contributed by atoms with Crippen molar-refractivity contribution in [1.82, 2.24) is 15.5 Å². The fourth-order valence-corrected chi connectivity index (χ4v) is 1.71. The Morgan fingerprint density at radius 2 is 2.11 bits per heavy atom. The van der Waals surface area contributed by atoms with E-state index in [2.05, 4.69) is 15.5 Å². The second-order valence-electron chi connectivity index (χ2n) is 4.04. The third kappa shape index (κ3) is 2.98. The van der Waals surface area contributed by atoms with Crippen LogP contribution < -0.4 is 5.32 Å². The number of aromatic nitrogens is 2. The molecule has 2 rings (SSSR count). The van der Waals surface area contributed by atoms with Crippen LogP contribution in [-0.2, 0) is 11.3 Å². The number of H-pyrrole nitrogens is 1. The van der Waals surface area contributed by atoms with Crippen molar-refractivity contribution in [2.75, 3.05) is 0 Å². The van der Waals surface area contributed by atoms with E-state index in [1.165, 1.54) is 13.0 Å². The molecule has 19 heavy (non-hydrogen) atoms. The van der Waals surface area contributed by atoms with Gasteiger partial charge in [-0.15, -0.1) is 0 Å². The standard InChI is InChI=1S/C13H13N3O3/c1-8(17)14-7-9-4-2-3-5-10(9)11-6-12(13(18)19)16-15-11/h2-6H,7H2,1H3,(H,14,17)(H,15,16)(H,18,19). The molecule has 2 aromatic rings. The molecule has 6 heteroatoms. The molecule has 1 heterocycles. The van der Waals surface area contributed by atoms with Gasteiger partial charge in [-0.25, -0.2) is 4.79 Å². The van der Waals surface area contributed by atoms with Crippen molar-refractivity contribution in [2.24, 2.45) is 0 Å². The van der Waals surface area contributed by atoms with E-state index in [-0.39, 0.29) is 11.6 Å². The van der Waals surface area contributed by atoms with Crippen molar-refractivity contribution in [1.29, 1.82) is 0 Å². The second kappa shape index (κ2) is 5.34. The SMILES string of the molecule is CC(=O)NCc1ccccc1-c1cc(C(=O)O)[nH]n1. The summed E-state index contributed by atoms with van der Waals surface area (Å²) in [5, 5.41) is 18.0. The number of nitrogens with zero attached hydrogens (tertiary/aromatic N) is 1. The molecule has 0 radical (unpaired) electrons. The summed E-state index contributed by atoms with van der Waals surface area (Å²) in [4.78, 5) is 21.8. The fourth-order valence-electron chi connectivity index (χ4n) is 1.71. The van der Waals surface area contributed by atoms with Gasteiger partial charge in [-0.2, -0.15) is 5.10 Å². The van der Waals surface area contributed by atoms with Crippen molar-refractivity contribution >= 4 is 11.9 Å².